The van der Waals surface area contributed by atoms with Gasteiger partial charge in [0.05, 0.1) is 18.9 Å². The van der Waals surface area contributed by atoms with Crippen molar-refractivity contribution in [3.63, 3.8) is 0 Å². The van der Waals surface area contributed by atoms with Gasteiger partial charge in [0.1, 0.15) is 0 Å². The van der Waals surface area contributed by atoms with Crippen LogP contribution in [0, 0.1) is 0 Å². The molecule has 1 aromatic carbocycles. The zero-order chi connectivity index (χ0) is 20.3. The standard InChI is InChI=1S/C19H21F2N3O4/c1-23-4-6-24(7-5-23)22-18(25)13-9-12(10-14(11-13)19(26)27-2)15-3-8-28-16(15)17(20)21/h3,8-11,17H,4-7H2,1-2H3,(H,22,25). The summed E-state index contributed by atoms with van der Waals surface area (Å²) in [5.41, 5.74) is 3.44. The van der Waals surface area contributed by atoms with E-state index in [-0.39, 0.29) is 22.3 Å². The molecule has 1 aliphatic heterocycles. The third kappa shape index (κ3) is 4.37. The molecule has 2 heterocycles. The fourth-order valence-electron chi connectivity index (χ4n) is 3.00. The molecule has 28 heavy (non-hydrogen) atoms. The Bertz CT molecular complexity index is 861. The van der Waals surface area contributed by atoms with Crippen LogP contribution in [0.1, 0.15) is 32.9 Å². The Hall–Kier alpha value is -2.78. The van der Waals surface area contributed by atoms with Crippen molar-refractivity contribution < 1.29 is 27.5 Å². The van der Waals surface area contributed by atoms with Gasteiger partial charge in [-0.05, 0) is 36.9 Å². The van der Waals surface area contributed by atoms with Crippen LogP contribution in [0.15, 0.2) is 34.9 Å². The Kier molecular flexibility index (Phi) is 6.05. The quantitative estimate of drug-likeness (QED) is 0.787. The molecule has 0 bridgehead atoms. The highest BCUT2D eigenvalue weighted by atomic mass is 19.3. The van der Waals surface area contributed by atoms with E-state index in [0.717, 1.165) is 19.4 Å². The van der Waals surface area contributed by atoms with Gasteiger partial charge in [-0.15, -0.1) is 0 Å². The highest BCUT2D eigenvalue weighted by Gasteiger charge is 2.22. The van der Waals surface area contributed by atoms with Crippen molar-refractivity contribution in [2.75, 3.05) is 40.3 Å². The number of amides is 1. The lowest BCUT2D eigenvalue weighted by Crippen LogP contribution is -2.52. The first-order chi connectivity index (χ1) is 13.4. The predicted molar refractivity (Wildman–Crippen MR) is 97.0 cm³/mol. The highest BCUT2D eigenvalue weighted by molar-refractivity contribution is 5.99. The van der Waals surface area contributed by atoms with Gasteiger partial charge in [-0.1, -0.05) is 0 Å². The minimum Gasteiger partial charge on any atom is -0.465 e. The third-order valence-electron chi connectivity index (χ3n) is 4.58. The first-order valence-corrected chi connectivity index (χ1v) is 8.73. The summed E-state index contributed by atoms with van der Waals surface area (Å²) in [5.74, 6) is -1.62. The zero-order valence-electron chi connectivity index (χ0n) is 15.6. The molecule has 1 amide bonds. The number of hydrogen-bond donors (Lipinski definition) is 1. The Labute approximate surface area is 160 Å². The van der Waals surface area contributed by atoms with Crippen LogP contribution in [-0.4, -0.2) is 62.1 Å². The first kappa shape index (κ1) is 20.0. The van der Waals surface area contributed by atoms with Crippen molar-refractivity contribution in [3.05, 3.63) is 47.4 Å². The summed E-state index contributed by atoms with van der Waals surface area (Å²) in [6.45, 7) is 2.92. The molecule has 1 N–H and O–H groups in total. The molecule has 0 radical (unpaired) electrons. The smallest absolute Gasteiger partial charge is 0.337 e. The Morgan fingerprint density at radius 2 is 1.82 bits per heavy atom. The number of halogens is 2. The Morgan fingerprint density at radius 3 is 2.46 bits per heavy atom. The monoisotopic (exact) mass is 393 g/mol. The summed E-state index contributed by atoms with van der Waals surface area (Å²) in [6, 6.07) is 5.60. The van der Waals surface area contributed by atoms with Crippen molar-refractivity contribution >= 4 is 11.9 Å². The summed E-state index contributed by atoms with van der Waals surface area (Å²) in [7, 11) is 3.21. The molecule has 0 aliphatic carbocycles. The van der Waals surface area contributed by atoms with Gasteiger partial charge in [0.25, 0.3) is 12.3 Å². The van der Waals surface area contributed by atoms with Crippen molar-refractivity contribution in [2.45, 2.75) is 6.43 Å². The fourth-order valence-corrected chi connectivity index (χ4v) is 3.00. The average Bonchev–Trinajstić information content (AvgIpc) is 3.19. The van der Waals surface area contributed by atoms with Crippen LogP contribution in [-0.2, 0) is 4.74 Å². The molecule has 9 heteroatoms. The molecule has 1 saturated heterocycles. The van der Waals surface area contributed by atoms with E-state index in [1.165, 1.54) is 31.4 Å². The number of hydrogen-bond acceptors (Lipinski definition) is 6. The summed E-state index contributed by atoms with van der Waals surface area (Å²) < 4.78 is 36.0. The van der Waals surface area contributed by atoms with Crippen LogP contribution in [0.2, 0.25) is 0 Å². The van der Waals surface area contributed by atoms with E-state index in [1.54, 1.807) is 5.01 Å². The van der Waals surface area contributed by atoms with Crippen LogP contribution in [0.25, 0.3) is 11.1 Å². The average molecular weight is 393 g/mol. The van der Waals surface area contributed by atoms with E-state index < -0.39 is 24.1 Å². The van der Waals surface area contributed by atoms with Gasteiger partial charge in [0.2, 0.25) is 0 Å². The summed E-state index contributed by atoms with van der Waals surface area (Å²) in [4.78, 5) is 26.9. The number of benzene rings is 1. The number of alkyl halides is 2. The highest BCUT2D eigenvalue weighted by Crippen LogP contribution is 2.33. The minimum atomic E-state index is -2.82. The molecule has 3 rings (SSSR count). The van der Waals surface area contributed by atoms with Crippen molar-refractivity contribution in [3.8, 4) is 11.1 Å². The van der Waals surface area contributed by atoms with Crippen LogP contribution < -0.4 is 5.43 Å². The van der Waals surface area contributed by atoms with Gasteiger partial charge in [-0.2, -0.15) is 0 Å². The van der Waals surface area contributed by atoms with Crippen LogP contribution in [0.5, 0.6) is 0 Å². The third-order valence-corrected chi connectivity index (χ3v) is 4.58. The van der Waals surface area contributed by atoms with E-state index in [1.807, 2.05) is 7.05 Å². The maximum absolute atomic E-state index is 13.2. The second kappa shape index (κ2) is 8.49. The molecular weight excluding hydrogens is 372 g/mol. The molecule has 150 valence electrons. The molecule has 2 aromatic rings. The molecule has 0 atom stereocenters. The maximum atomic E-state index is 13.2. The lowest BCUT2D eigenvalue weighted by molar-refractivity contribution is 0.0600. The number of carbonyl (C=O) groups excluding carboxylic acids is 2. The number of esters is 1. The van der Waals surface area contributed by atoms with Crippen LogP contribution in [0.4, 0.5) is 8.78 Å². The molecule has 0 unspecified atom stereocenters. The number of methoxy groups -OCH3 is 1. The molecule has 1 aromatic heterocycles. The Balaban J connectivity index is 1.93. The number of furan rings is 1. The van der Waals surface area contributed by atoms with Gasteiger partial charge >= 0.3 is 5.97 Å². The fraction of sp³-hybridized carbons (Fsp3) is 0.368. The summed E-state index contributed by atoms with van der Waals surface area (Å²) in [6.07, 6.45) is -1.68. The van der Waals surface area contributed by atoms with Crippen molar-refractivity contribution in [1.82, 2.24) is 15.3 Å². The summed E-state index contributed by atoms with van der Waals surface area (Å²) in [5, 5.41) is 1.79. The minimum absolute atomic E-state index is 0.0879. The number of piperazine rings is 1. The SMILES string of the molecule is COC(=O)c1cc(C(=O)NN2CCN(C)CC2)cc(-c2ccoc2C(F)F)c1. The van der Waals surface area contributed by atoms with E-state index in [9.17, 15) is 18.4 Å². The van der Waals surface area contributed by atoms with Crippen molar-refractivity contribution in [2.24, 2.45) is 0 Å². The number of ether oxygens (including phenoxy) is 1. The molecular formula is C19H21F2N3O4. The molecule has 1 aliphatic rings. The van der Waals surface area contributed by atoms with Gasteiger partial charge in [0, 0.05) is 37.3 Å². The second-order valence-electron chi connectivity index (χ2n) is 6.52. The number of rotatable bonds is 5. The summed E-state index contributed by atoms with van der Waals surface area (Å²) >= 11 is 0. The topological polar surface area (TPSA) is 75.0 Å². The first-order valence-electron chi connectivity index (χ1n) is 8.73. The van der Waals surface area contributed by atoms with E-state index in [4.69, 9.17) is 9.15 Å². The number of nitrogens with zero attached hydrogens (tertiary/aromatic N) is 2. The van der Waals surface area contributed by atoms with E-state index in [0.29, 0.717) is 13.1 Å². The maximum Gasteiger partial charge on any atom is 0.337 e. The van der Waals surface area contributed by atoms with Crippen molar-refractivity contribution in [1.29, 1.82) is 0 Å². The predicted octanol–water partition coefficient (Wildman–Crippen LogP) is 2.56. The van der Waals surface area contributed by atoms with E-state index in [2.05, 4.69) is 10.3 Å². The van der Waals surface area contributed by atoms with Gasteiger partial charge in [-0.3, -0.25) is 10.2 Å². The number of hydrazine groups is 1. The zero-order valence-corrected chi connectivity index (χ0v) is 15.6. The second-order valence-corrected chi connectivity index (χ2v) is 6.52. The van der Waals surface area contributed by atoms with Crippen LogP contribution >= 0.6 is 0 Å². The lowest BCUT2D eigenvalue weighted by atomic mass is 9.99. The molecule has 1 fully saturated rings. The molecule has 7 nitrogen and oxygen atoms in total. The molecule has 0 saturated carbocycles. The molecule has 0 spiro atoms. The largest absolute Gasteiger partial charge is 0.465 e. The normalized spacial score (nSPS) is 15.6. The van der Waals surface area contributed by atoms with Gasteiger partial charge in [0.15, 0.2) is 5.76 Å². The number of nitrogens with one attached hydrogen (secondary N) is 1. The van der Waals surface area contributed by atoms with E-state index >= 15 is 0 Å². The number of carbonyl (C=O) groups is 2. The number of likely N-dealkylation sites (N-methyl/N-ethyl adjacent to an activating group) is 1. The van der Waals surface area contributed by atoms with Gasteiger partial charge < -0.3 is 14.1 Å². The Morgan fingerprint density at radius 1 is 1.14 bits per heavy atom. The van der Waals surface area contributed by atoms with Crippen LogP contribution in [0.3, 0.4) is 0 Å². The lowest BCUT2D eigenvalue weighted by Gasteiger charge is -2.32. The van der Waals surface area contributed by atoms with Gasteiger partial charge in [-0.25, -0.2) is 18.6 Å².